The quantitative estimate of drug-likeness (QED) is 0.760. The molecule has 0 radical (unpaired) electrons. The van der Waals surface area contributed by atoms with Gasteiger partial charge in [0, 0.05) is 42.0 Å². The van der Waals surface area contributed by atoms with E-state index in [1.165, 1.54) is 0 Å². The first-order chi connectivity index (χ1) is 13.5. The van der Waals surface area contributed by atoms with E-state index < -0.39 is 0 Å². The Bertz CT molecular complexity index is 997. The molecule has 0 spiro atoms. The van der Waals surface area contributed by atoms with Gasteiger partial charge in [0.05, 0.1) is 5.52 Å². The van der Waals surface area contributed by atoms with Crippen LogP contribution in [0.4, 0.5) is 5.69 Å². The molecule has 1 unspecified atom stereocenters. The van der Waals surface area contributed by atoms with Gasteiger partial charge < -0.3 is 15.5 Å². The maximum Gasteiger partial charge on any atom is 0.253 e. The van der Waals surface area contributed by atoms with Crippen LogP contribution in [0.1, 0.15) is 23.2 Å². The van der Waals surface area contributed by atoms with E-state index in [2.05, 4.69) is 30.0 Å². The third-order valence-electron chi connectivity index (χ3n) is 5.65. The number of benzene rings is 2. The molecular formula is C23H26N4O. The number of anilines is 1. The molecule has 5 heteroatoms. The highest BCUT2D eigenvalue weighted by Crippen LogP contribution is 2.27. The summed E-state index contributed by atoms with van der Waals surface area (Å²) in [5.41, 5.74) is 10.6. The number of nitrogens with two attached hydrogens (primary N) is 1. The minimum Gasteiger partial charge on any atom is -0.398 e. The Kier molecular flexibility index (Phi) is 5.01. The van der Waals surface area contributed by atoms with E-state index in [0.717, 1.165) is 59.2 Å². The number of nitrogen functional groups attached to an aromatic ring is 1. The number of likely N-dealkylation sites (tertiary alicyclic amines) is 1. The van der Waals surface area contributed by atoms with E-state index in [4.69, 9.17) is 5.73 Å². The second-order valence-electron chi connectivity index (χ2n) is 7.72. The van der Waals surface area contributed by atoms with Gasteiger partial charge in [-0.05, 0) is 68.4 Å². The van der Waals surface area contributed by atoms with Crippen LogP contribution in [0.3, 0.4) is 0 Å². The molecule has 0 saturated carbocycles. The van der Waals surface area contributed by atoms with Gasteiger partial charge >= 0.3 is 0 Å². The molecule has 1 saturated heterocycles. The SMILES string of the molecule is CN(C)C1CCCN(C(=O)c2ccc(-c3ccc4nccc(N)c4c3)cc2)C1. The smallest absolute Gasteiger partial charge is 0.253 e. The zero-order chi connectivity index (χ0) is 19.7. The number of hydrogen-bond donors (Lipinski definition) is 1. The predicted octanol–water partition coefficient (Wildman–Crippen LogP) is 3.65. The first-order valence-corrected chi connectivity index (χ1v) is 9.73. The van der Waals surface area contributed by atoms with Crippen molar-refractivity contribution in [2.24, 2.45) is 0 Å². The summed E-state index contributed by atoms with van der Waals surface area (Å²) >= 11 is 0. The van der Waals surface area contributed by atoms with Crippen molar-refractivity contribution >= 4 is 22.5 Å². The molecule has 5 nitrogen and oxygen atoms in total. The van der Waals surface area contributed by atoms with Crippen molar-refractivity contribution < 1.29 is 4.79 Å². The number of nitrogens with zero attached hydrogens (tertiary/aromatic N) is 3. The standard InChI is InChI=1S/C23H26N4O/c1-26(2)19-4-3-13-27(15-19)23(28)17-7-5-16(6-8-17)18-9-10-22-20(14-18)21(24)11-12-25-22/h5-12,14,19H,3-4,13,15H2,1-2H3,(H2,24,25). The number of likely N-dealkylation sites (N-methyl/N-ethyl adjacent to an activating group) is 1. The Hall–Kier alpha value is -2.92. The van der Waals surface area contributed by atoms with Crippen LogP contribution in [0, 0.1) is 0 Å². The van der Waals surface area contributed by atoms with Crippen molar-refractivity contribution in [3.63, 3.8) is 0 Å². The Morgan fingerprint density at radius 2 is 1.86 bits per heavy atom. The maximum atomic E-state index is 12.9. The highest BCUT2D eigenvalue weighted by molar-refractivity contribution is 5.96. The summed E-state index contributed by atoms with van der Waals surface area (Å²) < 4.78 is 0. The molecule has 1 amide bonds. The van der Waals surface area contributed by atoms with Crippen LogP contribution in [0.25, 0.3) is 22.0 Å². The molecule has 2 N–H and O–H groups in total. The van der Waals surface area contributed by atoms with Crippen molar-refractivity contribution in [2.45, 2.75) is 18.9 Å². The molecule has 1 aromatic heterocycles. The Morgan fingerprint density at radius 1 is 1.11 bits per heavy atom. The molecule has 3 aromatic rings. The zero-order valence-corrected chi connectivity index (χ0v) is 16.4. The lowest BCUT2D eigenvalue weighted by molar-refractivity contribution is 0.0635. The average molecular weight is 374 g/mol. The van der Waals surface area contributed by atoms with E-state index in [-0.39, 0.29) is 5.91 Å². The van der Waals surface area contributed by atoms with Gasteiger partial charge in [-0.15, -0.1) is 0 Å². The largest absolute Gasteiger partial charge is 0.398 e. The van der Waals surface area contributed by atoms with Crippen LogP contribution in [0.2, 0.25) is 0 Å². The molecule has 0 aliphatic carbocycles. The number of carbonyl (C=O) groups excluding carboxylic acids is 1. The molecular weight excluding hydrogens is 348 g/mol. The molecule has 2 aromatic carbocycles. The summed E-state index contributed by atoms with van der Waals surface area (Å²) in [4.78, 5) is 21.5. The van der Waals surface area contributed by atoms with Gasteiger partial charge in [-0.25, -0.2) is 0 Å². The number of hydrogen-bond acceptors (Lipinski definition) is 4. The molecule has 0 bridgehead atoms. The Morgan fingerprint density at radius 3 is 2.61 bits per heavy atom. The monoisotopic (exact) mass is 374 g/mol. The Balaban J connectivity index is 1.55. The lowest BCUT2D eigenvalue weighted by Gasteiger charge is -2.36. The minimum atomic E-state index is 0.116. The van der Waals surface area contributed by atoms with Gasteiger partial charge in [-0.2, -0.15) is 0 Å². The van der Waals surface area contributed by atoms with E-state index in [0.29, 0.717) is 6.04 Å². The first kappa shape index (κ1) is 18.4. The molecule has 1 aliphatic heterocycles. The zero-order valence-electron chi connectivity index (χ0n) is 16.4. The highest BCUT2D eigenvalue weighted by atomic mass is 16.2. The third kappa shape index (κ3) is 3.58. The normalized spacial score (nSPS) is 17.2. The van der Waals surface area contributed by atoms with Gasteiger partial charge in [0.25, 0.3) is 5.91 Å². The molecule has 1 atom stereocenters. The number of pyridine rings is 1. The molecule has 4 rings (SSSR count). The molecule has 2 heterocycles. The number of fused-ring (bicyclic) bond motifs is 1. The fourth-order valence-electron chi connectivity index (χ4n) is 3.90. The topological polar surface area (TPSA) is 62.5 Å². The number of carbonyl (C=O) groups is 1. The van der Waals surface area contributed by atoms with Gasteiger partial charge in [0.1, 0.15) is 0 Å². The second kappa shape index (κ2) is 7.60. The van der Waals surface area contributed by atoms with Crippen molar-refractivity contribution in [3.8, 4) is 11.1 Å². The van der Waals surface area contributed by atoms with Crippen molar-refractivity contribution in [1.29, 1.82) is 0 Å². The average Bonchev–Trinajstić information content (AvgIpc) is 2.73. The number of piperidine rings is 1. The van der Waals surface area contributed by atoms with Crippen LogP contribution in [-0.4, -0.2) is 53.9 Å². The van der Waals surface area contributed by atoms with Crippen molar-refractivity contribution in [3.05, 3.63) is 60.3 Å². The van der Waals surface area contributed by atoms with Crippen molar-refractivity contribution in [1.82, 2.24) is 14.8 Å². The minimum absolute atomic E-state index is 0.116. The summed E-state index contributed by atoms with van der Waals surface area (Å²) in [6, 6.07) is 16.2. The predicted molar refractivity (Wildman–Crippen MR) is 114 cm³/mol. The maximum absolute atomic E-state index is 12.9. The van der Waals surface area contributed by atoms with Crippen LogP contribution in [0.5, 0.6) is 0 Å². The molecule has 28 heavy (non-hydrogen) atoms. The lowest BCUT2D eigenvalue weighted by atomic mass is 10.00. The number of amides is 1. The lowest BCUT2D eigenvalue weighted by Crippen LogP contribution is -2.47. The van der Waals surface area contributed by atoms with Gasteiger partial charge in [0.2, 0.25) is 0 Å². The van der Waals surface area contributed by atoms with E-state index in [1.54, 1.807) is 6.20 Å². The summed E-state index contributed by atoms with van der Waals surface area (Å²) in [5.74, 6) is 0.116. The van der Waals surface area contributed by atoms with Gasteiger partial charge in [0.15, 0.2) is 0 Å². The molecule has 1 aliphatic rings. The van der Waals surface area contributed by atoms with E-state index >= 15 is 0 Å². The van der Waals surface area contributed by atoms with Gasteiger partial charge in [-0.1, -0.05) is 18.2 Å². The van der Waals surface area contributed by atoms with Crippen LogP contribution >= 0.6 is 0 Å². The number of rotatable bonds is 3. The van der Waals surface area contributed by atoms with E-state index in [1.807, 2.05) is 47.4 Å². The Labute approximate surface area is 165 Å². The second-order valence-corrected chi connectivity index (χ2v) is 7.72. The molecule has 1 fully saturated rings. The fraction of sp³-hybridized carbons (Fsp3) is 0.304. The third-order valence-corrected chi connectivity index (χ3v) is 5.65. The summed E-state index contributed by atoms with van der Waals surface area (Å²) in [6.07, 6.45) is 3.92. The van der Waals surface area contributed by atoms with E-state index in [9.17, 15) is 4.79 Å². The first-order valence-electron chi connectivity index (χ1n) is 9.73. The summed E-state index contributed by atoms with van der Waals surface area (Å²) in [5, 5.41) is 0.947. The highest BCUT2D eigenvalue weighted by Gasteiger charge is 2.25. The summed E-state index contributed by atoms with van der Waals surface area (Å²) in [7, 11) is 4.17. The van der Waals surface area contributed by atoms with Gasteiger partial charge in [-0.3, -0.25) is 9.78 Å². The van der Waals surface area contributed by atoms with Crippen LogP contribution < -0.4 is 5.73 Å². The number of aromatic nitrogens is 1. The van der Waals surface area contributed by atoms with Crippen LogP contribution in [-0.2, 0) is 0 Å². The fourth-order valence-corrected chi connectivity index (χ4v) is 3.90. The summed E-state index contributed by atoms with van der Waals surface area (Å²) in [6.45, 7) is 1.63. The van der Waals surface area contributed by atoms with Crippen molar-refractivity contribution in [2.75, 3.05) is 32.9 Å². The van der Waals surface area contributed by atoms with Crippen LogP contribution in [0.15, 0.2) is 54.7 Å². The molecule has 144 valence electrons.